The van der Waals surface area contributed by atoms with Gasteiger partial charge in [0.05, 0.1) is 0 Å². The van der Waals surface area contributed by atoms with Crippen molar-refractivity contribution in [3.63, 3.8) is 0 Å². The van der Waals surface area contributed by atoms with E-state index in [2.05, 4.69) is 15.9 Å². The lowest BCUT2D eigenvalue weighted by atomic mass is 10.0. The number of aliphatic hydroxyl groups is 1. The summed E-state index contributed by atoms with van der Waals surface area (Å²) in [5.41, 5.74) is 0.367. The molecule has 0 aliphatic heterocycles. The normalized spacial score (nSPS) is 12.6. The van der Waals surface area contributed by atoms with Gasteiger partial charge in [0.2, 0.25) is 0 Å². The third-order valence-electron chi connectivity index (χ3n) is 2.42. The van der Waals surface area contributed by atoms with Gasteiger partial charge in [-0.2, -0.15) is 0 Å². The van der Waals surface area contributed by atoms with Gasteiger partial charge in [-0.15, -0.1) is 0 Å². The fraction of sp³-hybridized carbons (Fsp3) is 0.0833. The smallest absolute Gasteiger partial charge is 0.337 e. The molecule has 0 fully saturated rings. The minimum atomic E-state index is -1.50. The lowest BCUT2D eigenvalue weighted by Crippen LogP contribution is -2.11. The molecule has 0 unspecified atom stereocenters. The average Bonchev–Trinajstić information content (AvgIpc) is 2.29. The van der Waals surface area contributed by atoms with Gasteiger partial charge >= 0.3 is 5.97 Å². The van der Waals surface area contributed by atoms with Crippen molar-refractivity contribution in [2.24, 2.45) is 0 Å². The first-order valence-electron chi connectivity index (χ1n) is 4.69. The molecule has 0 saturated heterocycles. The summed E-state index contributed by atoms with van der Waals surface area (Å²) in [6.07, 6.45) is -1.50. The Bertz CT molecular complexity index is 551. The van der Waals surface area contributed by atoms with Crippen molar-refractivity contribution >= 4 is 32.7 Å². The van der Waals surface area contributed by atoms with Crippen molar-refractivity contribution in [3.05, 3.63) is 46.4 Å². The van der Waals surface area contributed by atoms with Crippen molar-refractivity contribution in [1.82, 2.24) is 0 Å². The first kappa shape index (κ1) is 11.1. The van der Waals surface area contributed by atoms with Crippen LogP contribution in [0.3, 0.4) is 0 Å². The van der Waals surface area contributed by atoms with Crippen LogP contribution in [0.1, 0.15) is 11.7 Å². The topological polar surface area (TPSA) is 57.5 Å². The largest absolute Gasteiger partial charge is 0.479 e. The number of hydrogen-bond donors (Lipinski definition) is 2. The van der Waals surface area contributed by atoms with Gasteiger partial charge in [-0.1, -0.05) is 36.4 Å². The van der Waals surface area contributed by atoms with E-state index in [0.29, 0.717) is 10.0 Å². The van der Waals surface area contributed by atoms with Gasteiger partial charge in [-0.25, -0.2) is 4.79 Å². The van der Waals surface area contributed by atoms with E-state index in [9.17, 15) is 9.90 Å². The van der Waals surface area contributed by atoms with Crippen LogP contribution in [0.5, 0.6) is 0 Å². The molecule has 2 aromatic carbocycles. The monoisotopic (exact) mass is 280 g/mol. The fourth-order valence-corrected chi connectivity index (χ4v) is 2.30. The Morgan fingerprint density at radius 2 is 1.88 bits per heavy atom. The first-order chi connectivity index (χ1) is 7.61. The average molecular weight is 281 g/mol. The number of carboxylic acids is 1. The van der Waals surface area contributed by atoms with Crippen LogP contribution in [0.4, 0.5) is 0 Å². The highest BCUT2D eigenvalue weighted by atomic mass is 79.9. The van der Waals surface area contributed by atoms with E-state index in [4.69, 9.17) is 5.11 Å². The lowest BCUT2D eigenvalue weighted by Gasteiger charge is -2.10. The Kier molecular flexibility index (Phi) is 2.94. The third kappa shape index (κ3) is 1.81. The highest BCUT2D eigenvalue weighted by Crippen LogP contribution is 2.31. The summed E-state index contributed by atoms with van der Waals surface area (Å²) in [4.78, 5) is 10.7. The number of rotatable bonds is 2. The predicted molar refractivity (Wildman–Crippen MR) is 64.2 cm³/mol. The molecule has 0 heterocycles. The Morgan fingerprint density at radius 3 is 2.56 bits per heavy atom. The summed E-state index contributed by atoms with van der Waals surface area (Å²) >= 11 is 3.33. The van der Waals surface area contributed by atoms with Gasteiger partial charge in [-0.05, 0) is 26.7 Å². The quantitative estimate of drug-likeness (QED) is 0.889. The van der Waals surface area contributed by atoms with Crippen molar-refractivity contribution in [3.8, 4) is 0 Å². The first-order valence-corrected chi connectivity index (χ1v) is 5.48. The molecule has 0 aliphatic rings. The molecule has 0 spiro atoms. The van der Waals surface area contributed by atoms with Gasteiger partial charge in [-0.3, -0.25) is 0 Å². The maximum atomic E-state index is 10.7. The van der Waals surface area contributed by atoms with E-state index >= 15 is 0 Å². The number of aliphatic hydroxyl groups excluding tert-OH is 1. The zero-order chi connectivity index (χ0) is 11.7. The van der Waals surface area contributed by atoms with Crippen LogP contribution in [0, 0.1) is 0 Å². The second-order valence-electron chi connectivity index (χ2n) is 3.43. The van der Waals surface area contributed by atoms with Crippen LogP contribution in [0.15, 0.2) is 40.9 Å². The van der Waals surface area contributed by atoms with E-state index < -0.39 is 12.1 Å². The van der Waals surface area contributed by atoms with E-state index in [-0.39, 0.29) is 0 Å². The van der Waals surface area contributed by atoms with Crippen molar-refractivity contribution in [2.75, 3.05) is 0 Å². The summed E-state index contributed by atoms with van der Waals surface area (Å²) < 4.78 is 0.625. The molecule has 0 radical (unpaired) electrons. The molecule has 0 saturated carbocycles. The molecule has 0 amide bonds. The fourth-order valence-electron chi connectivity index (χ4n) is 1.59. The van der Waals surface area contributed by atoms with Crippen LogP contribution in [0.25, 0.3) is 10.8 Å². The van der Waals surface area contributed by atoms with Gasteiger partial charge in [0.1, 0.15) is 0 Å². The molecular formula is C12H9BrO3. The summed E-state index contributed by atoms with van der Waals surface area (Å²) in [6, 6.07) is 11.0. The highest BCUT2D eigenvalue weighted by Gasteiger charge is 2.19. The highest BCUT2D eigenvalue weighted by molar-refractivity contribution is 9.10. The molecule has 2 aromatic rings. The van der Waals surface area contributed by atoms with Crippen molar-refractivity contribution in [1.29, 1.82) is 0 Å². The second-order valence-corrected chi connectivity index (χ2v) is 4.22. The van der Waals surface area contributed by atoms with E-state index in [1.54, 1.807) is 12.1 Å². The van der Waals surface area contributed by atoms with Crippen molar-refractivity contribution in [2.45, 2.75) is 6.10 Å². The van der Waals surface area contributed by atoms with Gasteiger partial charge in [0.25, 0.3) is 0 Å². The van der Waals surface area contributed by atoms with E-state index in [0.717, 1.165) is 10.8 Å². The summed E-state index contributed by atoms with van der Waals surface area (Å²) in [5, 5.41) is 20.2. The molecule has 2 N–H and O–H groups in total. The molecule has 4 heteroatoms. The number of carbonyl (C=O) groups is 1. The zero-order valence-electron chi connectivity index (χ0n) is 8.22. The maximum Gasteiger partial charge on any atom is 0.337 e. The van der Waals surface area contributed by atoms with Gasteiger partial charge in [0.15, 0.2) is 6.10 Å². The number of carboxylic acid groups (broad SMARTS) is 1. The molecule has 82 valence electrons. The summed E-state index contributed by atoms with van der Waals surface area (Å²) in [6.45, 7) is 0. The SMILES string of the molecule is O=C(O)[C@@H](O)c1ccc2ccccc2c1Br. The van der Waals surface area contributed by atoms with Crippen LogP contribution >= 0.6 is 15.9 Å². The lowest BCUT2D eigenvalue weighted by molar-refractivity contribution is -0.147. The van der Waals surface area contributed by atoms with Gasteiger partial charge in [0, 0.05) is 10.0 Å². The molecular weight excluding hydrogens is 272 g/mol. The van der Waals surface area contributed by atoms with E-state index in [1.165, 1.54) is 0 Å². The number of fused-ring (bicyclic) bond motifs is 1. The standard InChI is InChI=1S/C12H9BrO3/c13-10-8-4-2-1-3-7(8)5-6-9(10)11(14)12(15)16/h1-6,11,14H,(H,15,16)/t11-/m0/s1. The molecule has 2 rings (SSSR count). The third-order valence-corrected chi connectivity index (χ3v) is 3.31. The van der Waals surface area contributed by atoms with Crippen LogP contribution in [-0.4, -0.2) is 16.2 Å². The number of aliphatic carboxylic acids is 1. The van der Waals surface area contributed by atoms with Crippen LogP contribution < -0.4 is 0 Å². The maximum absolute atomic E-state index is 10.7. The molecule has 3 nitrogen and oxygen atoms in total. The number of halogens is 1. The minimum absolute atomic E-state index is 0.367. The minimum Gasteiger partial charge on any atom is -0.479 e. The molecule has 16 heavy (non-hydrogen) atoms. The molecule has 1 atom stereocenters. The number of hydrogen-bond acceptors (Lipinski definition) is 2. The van der Waals surface area contributed by atoms with Crippen LogP contribution in [-0.2, 0) is 4.79 Å². The van der Waals surface area contributed by atoms with Crippen molar-refractivity contribution < 1.29 is 15.0 Å². The summed E-state index contributed by atoms with van der Waals surface area (Å²) in [7, 11) is 0. The number of benzene rings is 2. The molecule has 0 aliphatic carbocycles. The molecule has 0 bridgehead atoms. The Balaban J connectivity index is 2.65. The Morgan fingerprint density at radius 1 is 1.19 bits per heavy atom. The molecule has 0 aromatic heterocycles. The van der Waals surface area contributed by atoms with Crippen LogP contribution in [0.2, 0.25) is 0 Å². The Labute approximate surface area is 100 Å². The predicted octanol–water partition coefficient (Wildman–Crippen LogP) is 2.72. The summed E-state index contributed by atoms with van der Waals surface area (Å²) in [5.74, 6) is -1.25. The second kappa shape index (κ2) is 4.23. The zero-order valence-corrected chi connectivity index (χ0v) is 9.81. The Hall–Kier alpha value is -1.39. The van der Waals surface area contributed by atoms with Gasteiger partial charge < -0.3 is 10.2 Å². The van der Waals surface area contributed by atoms with E-state index in [1.807, 2.05) is 24.3 Å².